The van der Waals surface area contributed by atoms with Gasteiger partial charge in [0.05, 0.1) is 10.6 Å². The monoisotopic (exact) mass is 527 g/mol. The number of aromatic nitrogens is 3. The Bertz CT molecular complexity index is 1350. The van der Waals surface area contributed by atoms with E-state index in [1.807, 2.05) is 0 Å². The first kappa shape index (κ1) is 25.6. The lowest BCUT2D eigenvalue weighted by Crippen LogP contribution is -2.49. The molecule has 0 unspecified atom stereocenters. The summed E-state index contributed by atoms with van der Waals surface area (Å²) in [6.45, 7) is -0.365. The van der Waals surface area contributed by atoms with Crippen LogP contribution in [0.1, 0.15) is 17.8 Å². The number of hydrogen-bond acceptors (Lipinski definition) is 6. The molecule has 1 saturated heterocycles. The van der Waals surface area contributed by atoms with Gasteiger partial charge in [-0.25, -0.2) is 27.2 Å². The lowest BCUT2D eigenvalue weighted by Gasteiger charge is -2.24. The van der Waals surface area contributed by atoms with Gasteiger partial charge in [0.1, 0.15) is 18.0 Å². The summed E-state index contributed by atoms with van der Waals surface area (Å²) in [7, 11) is -4.26. The van der Waals surface area contributed by atoms with Crippen LogP contribution in [0.2, 0.25) is 0 Å². The zero-order valence-electron chi connectivity index (χ0n) is 18.3. The third kappa shape index (κ3) is 5.33. The van der Waals surface area contributed by atoms with Crippen LogP contribution in [0.3, 0.4) is 0 Å². The van der Waals surface area contributed by atoms with Crippen LogP contribution in [0.5, 0.6) is 0 Å². The topological polar surface area (TPSA) is 105 Å². The van der Waals surface area contributed by atoms with Crippen LogP contribution in [0, 0.1) is 5.82 Å². The van der Waals surface area contributed by atoms with Gasteiger partial charge in [0, 0.05) is 37.2 Å². The van der Waals surface area contributed by atoms with Gasteiger partial charge in [-0.3, -0.25) is 9.78 Å². The van der Waals surface area contributed by atoms with Crippen molar-refractivity contribution in [1.29, 1.82) is 0 Å². The highest BCUT2D eigenvalue weighted by molar-refractivity contribution is 7.89. The highest BCUT2D eigenvalue weighted by Gasteiger charge is 2.46. The van der Waals surface area contributed by atoms with Crippen LogP contribution < -0.4 is 5.32 Å². The van der Waals surface area contributed by atoms with E-state index in [0.29, 0.717) is 5.56 Å². The molecule has 14 heteroatoms. The van der Waals surface area contributed by atoms with Crippen LogP contribution in [0.25, 0.3) is 11.3 Å². The molecule has 1 aliphatic heterocycles. The average molecular weight is 527 g/mol. The van der Waals surface area contributed by atoms with Crippen molar-refractivity contribution in [2.24, 2.45) is 0 Å². The molecular formula is C22H18F5N5O3S. The molecule has 3 heterocycles. The smallest absolute Gasteiger partial charge is 0.351 e. The van der Waals surface area contributed by atoms with Crippen molar-refractivity contribution in [2.45, 2.75) is 36.3 Å². The number of rotatable bonds is 6. The SMILES string of the molecule is O=C(NCc1ccnc(-c2cnc(C(F)(F)F)nc2)c1)[C@@H]1[C@@H](F)CCN1S(=O)(=O)c1ccc(F)cc1. The van der Waals surface area contributed by atoms with Gasteiger partial charge in [-0.15, -0.1) is 0 Å². The Morgan fingerprint density at radius 3 is 2.39 bits per heavy atom. The van der Waals surface area contributed by atoms with E-state index in [-0.39, 0.29) is 35.7 Å². The van der Waals surface area contributed by atoms with Crippen LogP contribution in [-0.4, -0.2) is 52.3 Å². The van der Waals surface area contributed by atoms with Gasteiger partial charge in [0.2, 0.25) is 21.8 Å². The Kier molecular flexibility index (Phi) is 7.00. The number of nitrogens with zero attached hydrogens (tertiary/aromatic N) is 4. The van der Waals surface area contributed by atoms with Crippen molar-refractivity contribution >= 4 is 15.9 Å². The number of benzene rings is 1. The van der Waals surface area contributed by atoms with Crippen molar-refractivity contribution in [3.8, 4) is 11.3 Å². The summed E-state index contributed by atoms with van der Waals surface area (Å²) >= 11 is 0. The van der Waals surface area contributed by atoms with Crippen molar-refractivity contribution < 1.29 is 35.2 Å². The summed E-state index contributed by atoms with van der Waals surface area (Å²) < 4.78 is 92.4. The number of halogens is 5. The fraction of sp³-hybridized carbons (Fsp3) is 0.273. The molecule has 190 valence electrons. The Morgan fingerprint density at radius 2 is 1.75 bits per heavy atom. The molecule has 1 aliphatic rings. The second kappa shape index (κ2) is 9.85. The number of amides is 1. The summed E-state index contributed by atoms with van der Waals surface area (Å²) in [5.74, 6) is -2.82. The zero-order valence-corrected chi connectivity index (χ0v) is 19.1. The summed E-state index contributed by atoms with van der Waals surface area (Å²) in [6, 6.07) is 5.35. The Hall–Kier alpha value is -3.52. The molecule has 1 amide bonds. The van der Waals surface area contributed by atoms with Gasteiger partial charge in [0.25, 0.3) is 0 Å². The van der Waals surface area contributed by atoms with E-state index in [0.717, 1.165) is 41.0 Å². The second-order valence-corrected chi connectivity index (χ2v) is 9.77. The maximum atomic E-state index is 14.6. The number of carbonyl (C=O) groups is 1. The molecule has 36 heavy (non-hydrogen) atoms. The van der Waals surface area contributed by atoms with Gasteiger partial charge in [-0.1, -0.05) is 0 Å². The molecule has 0 saturated carbocycles. The maximum Gasteiger partial charge on any atom is 0.451 e. The predicted octanol–water partition coefficient (Wildman–Crippen LogP) is 3.11. The van der Waals surface area contributed by atoms with E-state index in [2.05, 4.69) is 20.3 Å². The Morgan fingerprint density at radius 1 is 1.08 bits per heavy atom. The van der Waals surface area contributed by atoms with Crippen molar-refractivity contribution in [3.05, 3.63) is 72.2 Å². The molecule has 1 fully saturated rings. The minimum Gasteiger partial charge on any atom is -0.351 e. The van der Waals surface area contributed by atoms with Gasteiger partial charge >= 0.3 is 6.18 Å². The van der Waals surface area contributed by atoms with E-state index in [1.54, 1.807) is 0 Å². The summed E-state index contributed by atoms with van der Waals surface area (Å²) in [4.78, 5) is 23.1. The van der Waals surface area contributed by atoms with Gasteiger partial charge in [0.15, 0.2) is 0 Å². The first-order valence-corrected chi connectivity index (χ1v) is 11.9. The number of sulfonamides is 1. The van der Waals surface area contributed by atoms with Gasteiger partial charge in [-0.05, 0) is 48.4 Å². The normalized spacial score (nSPS) is 18.8. The fourth-order valence-electron chi connectivity index (χ4n) is 3.68. The minimum absolute atomic E-state index is 0.135. The molecule has 3 aromatic rings. The van der Waals surface area contributed by atoms with E-state index < -0.39 is 46.0 Å². The third-order valence-electron chi connectivity index (χ3n) is 5.46. The predicted molar refractivity (Wildman–Crippen MR) is 116 cm³/mol. The molecule has 0 spiro atoms. The van der Waals surface area contributed by atoms with Crippen molar-refractivity contribution in [1.82, 2.24) is 24.6 Å². The van der Waals surface area contributed by atoms with E-state index in [1.165, 1.54) is 18.3 Å². The summed E-state index contributed by atoms with van der Waals surface area (Å²) in [6.07, 6.45) is -3.35. The molecule has 2 atom stereocenters. The van der Waals surface area contributed by atoms with Gasteiger partial charge < -0.3 is 5.32 Å². The molecule has 0 bridgehead atoms. The lowest BCUT2D eigenvalue weighted by molar-refractivity contribution is -0.145. The maximum absolute atomic E-state index is 14.6. The average Bonchev–Trinajstić information content (AvgIpc) is 3.25. The Labute approximate surface area is 202 Å². The number of hydrogen-bond donors (Lipinski definition) is 1. The van der Waals surface area contributed by atoms with Crippen LogP contribution >= 0.6 is 0 Å². The number of nitrogens with one attached hydrogen (secondary N) is 1. The molecule has 2 aromatic heterocycles. The first-order valence-electron chi connectivity index (χ1n) is 10.5. The zero-order chi connectivity index (χ0) is 26.1. The minimum atomic E-state index is -4.69. The number of carbonyl (C=O) groups excluding carboxylic acids is 1. The van der Waals surface area contributed by atoms with Crippen molar-refractivity contribution in [2.75, 3.05) is 6.54 Å². The lowest BCUT2D eigenvalue weighted by atomic mass is 10.1. The molecule has 0 aliphatic carbocycles. The van der Waals surface area contributed by atoms with Gasteiger partial charge in [-0.2, -0.15) is 17.5 Å². The van der Waals surface area contributed by atoms with E-state index in [9.17, 15) is 35.2 Å². The third-order valence-corrected chi connectivity index (χ3v) is 7.35. The molecule has 1 N–H and O–H groups in total. The fourth-order valence-corrected chi connectivity index (χ4v) is 5.30. The number of alkyl halides is 4. The molecule has 4 rings (SSSR count). The first-order chi connectivity index (χ1) is 17.0. The molecule has 8 nitrogen and oxygen atoms in total. The van der Waals surface area contributed by atoms with E-state index in [4.69, 9.17) is 0 Å². The highest BCUT2D eigenvalue weighted by atomic mass is 32.2. The second-order valence-electron chi connectivity index (χ2n) is 7.88. The van der Waals surface area contributed by atoms with Crippen LogP contribution in [0.15, 0.2) is 59.9 Å². The van der Waals surface area contributed by atoms with Crippen LogP contribution in [-0.2, 0) is 27.5 Å². The molecule has 0 radical (unpaired) electrons. The molecule has 1 aromatic carbocycles. The summed E-state index contributed by atoms with van der Waals surface area (Å²) in [5, 5.41) is 2.49. The largest absolute Gasteiger partial charge is 0.451 e. The quantitative estimate of drug-likeness (QED) is 0.494. The van der Waals surface area contributed by atoms with Crippen molar-refractivity contribution in [3.63, 3.8) is 0 Å². The molecular weight excluding hydrogens is 509 g/mol. The Balaban J connectivity index is 1.47. The van der Waals surface area contributed by atoms with E-state index >= 15 is 0 Å². The standard InChI is InChI=1S/C22H18F5N5O3S/c23-15-1-3-16(4-2-15)36(34,35)32-8-6-17(24)19(32)20(33)29-10-13-5-7-28-18(9-13)14-11-30-21(31-12-14)22(25,26)27/h1-5,7,9,11-12,17,19H,6,8,10H2,(H,29,33)/t17-,19-/m0/s1. The van der Waals surface area contributed by atoms with Crippen LogP contribution in [0.4, 0.5) is 22.0 Å². The summed E-state index contributed by atoms with van der Waals surface area (Å²) in [5.41, 5.74) is 0.905. The number of pyridine rings is 1. The highest BCUT2D eigenvalue weighted by Crippen LogP contribution is 2.29.